The van der Waals surface area contributed by atoms with Crippen LogP contribution in [0.3, 0.4) is 0 Å². The molecule has 5 nitrogen and oxygen atoms in total. The van der Waals surface area contributed by atoms with Crippen molar-refractivity contribution in [2.75, 3.05) is 0 Å². The highest BCUT2D eigenvalue weighted by Crippen LogP contribution is 2.32. The molecule has 0 saturated carbocycles. The third kappa shape index (κ3) is 3.80. The number of aromatic nitrogens is 4. The molecule has 0 N–H and O–H groups in total. The van der Waals surface area contributed by atoms with Gasteiger partial charge in [0.2, 0.25) is 5.82 Å². The Morgan fingerprint density at radius 3 is 2.31 bits per heavy atom. The van der Waals surface area contributed by atoms with Crippen molar-refractivity contribution in [1.82, 2.24) is 19.7 Å². The Morgan fingerprint density at radius 2 is 1.69 bits per heavy atom. The second-order valence-corrected chi connectivity index (χ2v) is 7.04. The van der Waals surface area contributed by atoms with Crippen LogP contribution in [0, 0.1) is 5.82 Å². The molecule has 0 radical (unpaired) electrons. The second kappa shape index (κ2) is 7.11. The van der Waals surface area contributed by atoms with Gasteiger partial charge in [-0.1, -0.05) is 29.4 Å². The fourth-order valence-electron chi connectivity index (χ4n) is 2.75. The molecule has 4 aromatic rings. The van der Waals surface area contributed by atoms with Crippen LogP contribution in [0.2, 0.25) is 0 Å². The summed E-state index contributed by atoms with van der Waals surface area (Å²) in [5.41, 5.74) is 0.699. The maximum absolute atomic E-state index is 13.2. The van der Waals surface area contributed by atoms with Gasteiger partial charge < -0.3 is 9.09 Å². The van der Waals surface area contributed by atoms with E-state index >= 15 is 0 Å². The average Bonchev–Trinajstić information content (AvgIpc) is 3.29. The summed E-state index contributed by atoms with van der Waals surface area (Å²) in [6, 6.07) is 10.6. The molecular weight excluding hydrogens is 456 g/mol. The fourth-order valence-corrected chi connectivity index (χ4v) is 3.27. The molecule has 4 rings (SSSR count). The highest BCUT2D eigenvalue weighted by Gasteiger charge is 2.34. The van der Waals surface area contributed by atoms with E-state index in [-0.39, 0.29) is 11.7 Å². The molecule has 0 saturated heterocycles. The lowest BCUT2D eigenvalue weighted by atomic mass is 10.1. The van der Waals surface area contributed by atoms with E-state index in [0.717, 1.165) is 6.20 Å². The number of imidazole rings is 1. The lowest BCUT2D eigenvalue weighted by Crippen LogP contribution is -2.04. The molecule has 0 unspecified atom stereocenters. The number of rotatable bonds is 3. The largest absolute Gasteiger partial charge is 0.434 e. The third-order valence-corrected chi connectivity index (χ3v) is 4.81. The van der Waals surface area contributed by atoms with Gasteiger partial charge in [0.1, 0.15) is 11.6 Å². The summed E-state index contributed by atoms with van der Waals surface area (Å²) in [5, 5.41) is 3.91. The summed E-state index contributed by atoms with van der Waals surface area (Å²) >= 11 is 3.25. The van der Waals surface area contributed by atoms with Crippen LogP contribution in [-0.2, 0) is 13.2 Å². The normalized spacial score (nSPS) is 11.8. The zero-order valence-electron chi connectivity index (χ0n) is 14.7. The van der Waals surface area contributed by atoms with Crippen molar-refractivity contribution in [3.63, 3.8) is 0 Å². The van der Waals surface area contributed by atoms with E-state index in [9.17, 15) is 17.6 Å². The first-order chi connectivity index (χ1) is 13.7. The van der Waals surface area contributed by atoms with Gasteiger partial charge in [0.05, 0.1) is 5.56 Å². The number of halogens is 5. The van der Waals surface area contributed by atoms with E-state index in [1.165, 1.54) is 29.8 Å². The molecule has 0 fully saturated rings. The Labute approximate surface area is 170 Å². The van der Waals surface area contributed by atoms with Crippen LogP contribution in [0.4, 0.5) is 17.6 Å². The van der Waals surface area contributed by atoms with Crippen LogP contribution in [-0.4, -0.2) is 19.7 Å². The van der Waals surface area contributed by atoms with Crippen LogP contribution in [0.5, 0.6) is 0 Å². The maximum Gasteiger partial charge on any atom is 0.434 e. The van der Waals surface area contributed by atoms with E-state index in [4.69, 9.17) is 4.52 Å². The Bertz CT molecular complexity index is 1180. The van der Waals surface area contributed by atoms with Gasteiger partial charge in [-0.2, -0.15) is 18.2 Å². The summed E-state index contributed by atoms with van der Waals surface area (Å²) in [4.78, 5) is 7.96. The molecule has 2 aromatic carbocycles. The Morgan fingerprint density at radius 1 is 1.00 bits per heavy atom. The Balaban J connectivity index is 1.62. The van der Waals surface area contributed by atoms with E-state index in [1.54, 1.807) is 24.3 Å². The van der Waals surface area contributed by atoms with Gasteiger partial charge in [0.25, 0.3) is 5.89 Å². The number of nitrogens with zero attached hydrogens (tertiary/aromatic N) is 4. The van der Waals surface area contributed by atoms with Gasteiger partial charge in [0.15, 0.2) is 5.69 Å². The van der Waals surface area contributed by atoms with Gasteiger partial charge in [-0.3, -0.25) is 0 Å². The van der Waals surface area contributed by atoms with Crippen molar-refractivity contribution >= 4 is 15.9 Å². The van der Waals surface area contributed by atoms with E-state index in [0.29, 0.717) is 27.0 Å². The molecule has 2 aromatic heterocycles. The van der Waals surface area contributed by atoms with E-state index in [1.807, 2.05) is 0 Å². The summed E-state index contributed by atoms with van der Waals surface area (Å²) in [7, 11) is 1.50. The molecule has 0 bridgehead atoms. The Hall–Kier alpha value is -3.01. The number of aryl methyl sites for hydroxylation is 1. The lowest BCUT2D eigenvalue weighted by molar-refractivity contribution is -0.140. The highest BCUT2D eigenvalue weighted by atomic mass is 79.9. The average molecular weight is 467 g/mol. The monoisotopic (exact) mass is 466 g/mol. The van der Waals surface area contributed by atoms with Gasteiger partial charge in [-0.25, -0.2) is 9.37 Å². The summed E-state index contributed by atoms with van der Waals surface area (Å²) < 4.78 is 58.8. The van der Waals surface area contributed by atoms with Crippen LogP contribution < -0.4 is 0 Å². The smallest absolute Gasteiger partial charge is 0.334 e. The van der Waals surface area contributed by atoms with Crippen molar-refractivity contribution in [3.8, 4) is 34.2 Å². The van der Waals surface area contributed by atoms with Crippen LogP contribution in [0.25, 0.3) is 34.2 Å². The van der Waals surface area contributed by atoms with Crippen LogP contribution >= 0.6 is 15.9 Å². The molecule has 148 valence electrons. The van der Waals surface area contributed by atoms with Crippen molar-refractivity contribution in [2.45, 2.75) is 6.18 Å². The van der Waals surface area contributed by atoms with E-state index in [2.05, 4.69) is 31.1 Å². The molecule has 29 heavy (non-hydrogen) atoms. The molecule has 2 heterocycles. The molecule has 10 heteroatoms. The van der Waals surface area contributed by atoms with E-state index < -0.39 is 17.7 Å². The molecule has 0 aliphatic heterocycles. The number of hydrogen-bond donors (Lipinski definition) is 0. The fraction of sp³-hybridized carbons (Fsp3) is 0.105. The van der Waals surface area contributed by atoms with Crippen molar-refractivity contribution < 1.29 is 22.1 Å². The molecular formula is C19H11BrF4N4O. The van der Waals surface area contributed by atoms with Gasteiger partial charge in [-0.05, 0) is 34.1 Å². The standard InChI is InChI=1S/C19H11BrF4N4O/c1-28-9-15(19(22,23)24)25-17(28)11-4-2-10(3-5-11)16-26-18(29-27-16)13-7-6-12(21)8-14(13)20/h2-9H,1H3. The molecule has 0 amide bonds. The topological polar surface area (TPSA) is 56.7 Å². The molecule has 0 spiro atoms. The minimum Gasteiger partial charge on any atom is -0.334 e. The van der Waals surface area contributed by atoms with Gasteiger partial charge in [-0.15, -0.1) is 0 Å². The highest BCUT2D eigenvalue weighted by molar-refractivity contribution is 9.10. The molecule has 0 atom stereocenters. The van der Waals surface area contributed by atoms with Crippen molar-refractivity contribution in [3.05, 3.63) is 64.6 Å². The minimum atomic E-state index is -4.51. The predicted octanol–water partition coefficient (Wildman–Crippen LogP) is 5.72. The van der Waals surface area contributed by atoms with Crippen molar-refractivity contribution in [1.29, 1.82) is 0 Å². The number of alkyl halides is 3. The zero-order chi connectivity index (χ0) is 20.8. The van der Waals surface area contributed by atoms with Crippen molar-refractivity contribution in [2.24, 2.45) is 7.05 Å². The Kier molecular flexibility index (Phi) is 4.73. The summed E-state index contributed by atoms with van der Waals surface area (Å²) in [5.74, 6) is 0.278. The predicted molar refractivity (Wildman–Crippen MR) is 100 cm³/mol. The first kappa shape index (κ1) is 19.3. The summed E-state index contributed by atoms with van der Waals surface area (Å²) in [6.45, 7) is 0. The molecule has 0 aliphatic carbocycles. The lowest BCUT2D eigenvalue weighted by Gasteiger charge is -2.02. The summed E-state index contributed by atoms with van der Waals surface area (Å²) in [6.07, 6.45) is -3.57. The molecule has 0 aliphatic rings. The first-order valence-corrected chi connectivity index (χ1v) is 9.02. The van der Waals surface area contributed by atoms with Crippen LogP contribution in [0.1, 0.15) is 5.69 Å². The quantitative estimate of drug-likeness (QED) is 0.362. The van der Waals surface area contributed by atoms with Crippen LogP contribution in [0.15, 0.2) is 57.7 Å². The van der Waals surface area contributed by atoms with Gasteiger partial charge in [0, 0.05) is 28.8 Å². The minimum absolute atomic E-state index is 0.188. The third-order valence-electron chi connectivity index (χ3n) is 4.16. The number of benzene rings is 2. The number of hydrogen-bond acceptors (Lipinski definition) is 4. The maximum atomic E-state index is 13.2. The second-order valence-electron chi connectivity index (χ2n) is 6.18. The zero-order valence-corrected chi connectivity index (χ0v) is 16.3. The SMILES string of the molecule is Cn1cc(C(F)(F)F)nc1-c1ccc(-c2noc(-c3ccc(F)cc3Br)n2)cc1. The van der Waals surface area contributed by atoms with Gasteiger partial charge >= 0.3 is 6.18 Å². The first-order valence-electron chi connectivity index (χ1n) is 8.23.